The fourth-order valence-electron chi connectivity index (χ4n) is 7.64. The molecule has 3 N–H and O–H groups in total. The molecule has 6 rings (SSSR count). The zero-order chi connectivity index (χ0) is 31.5. The number of ketones is 1. The van der Waals surface area contributed by atoms with Crippen molar-refractivity contribution in [1.82, 2.24) is 10.2 Å². The van der Waals surface area contributed by atoms with Crippen molar-refractivity contribution >= 4 is 11.8 Å². The van der Waals surface area contributed by atoms with Crippen molar-refractivity contribution in [2.45, 2.75) is 115 Å². The van der Waals surface area contributed by atoms with Gasteiger partial charge < -0.3 is 29.6 Å². The van der Waals surface area contributed by atoms with Crippen molar-refractivity contribution in [3.63, 3.8) is 0 Å². The molecule has 2 aromatic rings. The van der Waals surface area contributed by atoms with Gasteiger partial charge in [0.1, 0.15) is 0 Å². The summed E-state index contributed by atoms with van der Waals surface area (Å²) in [6.45, 7) is 9.44. The Bertz CT molecular complexity index is 1330. The van der Waals surface area contributed by atoms with Crippen LogP contribution in [0.4, 0.5) is 4.79 Å². The molecule has 1 aliphatic heterocycles. The summed E-state index contributed by atoms with van der Waals surface area (Å²) in [5, 5.41) is 26.6. The number of amides is 2. The van der Waals surface area contributed by atoms with Crippen molar-refractivity contribution < 1.29 is 29.0 Å². The lowest BCUT2D eigenvalue weighted by Crippen LogP contribution is -2.57. The van der Waals surface area contributed by atoms with Crippen LogP contribution in [0.3, 0.4) is 0 Å². The average Bonchev–Trinajstić information content (AvgIpc) is 3.74. The topological polar surface area (TPSA) is 112 Å². The lowest BCUT2D eigenvalue weighted by molar-refractivity contribution is -0.0808. The standard InChI is InChI=1S/C36H50N2O6/c1-24(2)37-34(41)38(22-28-9-6-18-43-28)23-36(42)17-15-31-29-14-12-26(21-30(29)33(40)32-10-7-19-44-32)20-27(39)13-11-25(3)8-5-16-35(31,36)4/h7-8,10,12,14,19,21,24,27-28,31,39,42H,5-6,9,11,13,15-18,20,22-23H2,1-4H3,(H,37,41). The van der Waals surface area contributed by atoms with Gasteiger partial charge in [-0.05, 0) is 114 Å². The van der Waals surface area contributed by atoms with Gasteiger partial charge in [-0.3, -0.25) is 4.79 Å². The molecule has 8 heteroatoms. The zero-order valence-corrected chi connectivity index (χ0v) is 26.8. The van der Waals surface area contributed by atoms with Crippen molar-refractivity contribution in [3.8, 4) is 0 Å². The summed E-state index contributed by atoms with van der Waals surface area (Å²) < 4.78 is 11.5. The Hall–Kier alpha value is -2.94. The number of hydrogen-bond acceptors (Lipinski definition) is 6. The Kier molecular flexibility index (Phi) is 10.0. The third-order valence-corrected chi connectivity index (χ3v) is 10.3. The van der Waals surface area contributed by atoms with Gasteiger partial charge in [0.15, 0.2) is 5.76 Å². The fraction of sp³-hybridized carbons (Fsp3) is 0.611. The largest absolute Gasteiger partial charge is 0.461 e. The molecule has 2 bridgehead atoms. The number of aliphatic hydroxyl groups is 2. The highest BCUT2D eigenvalue weighted by Crippen LogP contribution is 2.59. The molecule has 8 nitrogen and oxygen atoms in total. The Morgan fingerprint density at radius 1 is 1.16 bits per heavy atom. The van der Waals surface area contributed by atoms with Crippen LogP contribution in [0.5, 0.6) is 0 Å². The van der Waals surface area contributed by atoms with Gasteiger partial charge in [-0.25, -0.2) is 4.79 Å². The number of aliphatic hydroxyl groups excluding tert-OH is 1. The minimum Gasteiger partial charge on any atom is -0.461 e. The van der Waals surface area contributed by atoms with Crippen LogP contribution in [0.1, 0.15) is 112 Å². The second-order valence-electron chi connectivity index (χ2n) is 13.9. The van der Waals surface area contributed by atoms with E-state index >= 15 is 0 Å². The molecule has 2 fully saturated rings. The van der Waals surface area contributed by atoms with Crippen LogP contribution in [0.2, 0.25) is 0 Å². The molecule has 44 heavy (non-hydrogen) atoms. The first kappa shape index (κ1) is 32.5. The predicted octanol–water partition coefficient (Wildman–Crippen LogP) is 6.15. The molecular weight excluding hydrogens is 556 g/mol. The molecule has 2 heterocycles. The number of ether oxygens (including phenoxy) is 1. The van der Waals surface area contributed by atoms with E-state index in [-0.39, 0.29) is 42.2 Å². The van der Waals surface area contributed by atoms with Crippen molar-refractivity contribution in [3.05, 3.63) is 70.7 Å². The van der Waals surface area contributed by atoms with Gasteiger partial charge >= 0.3 is 6.03 Å². The van der Waals surface area contributed by atoms with E-state index in [1.54, 1.807) is 17.0 Å². The molecule has 1 saturated carbocycles. The molecule has 3 aliphatic carbocycles. The van der Waals surface area contributed by atoms with E-state index in [9.17, 15) is 19.8 Å². The van der Waals surface area contributed by atoms with E-state index in [1.807, 2.05) is 32.0 Å². The van der Waals surface area contributed by atoms with Crippen LogP contribution < -0.4 is 5.32 Å². The van der Waals surface area contributed by atoms with Crippen LogP contribution in [0, 0.1) is 5.41 Å². The highest BCUT2D eigenvalue weighted by atomic mass is 16.5. The van der Waals surface area contributed by atoms with Crippen molar-refractivity contribution in [2.75, 3.05) is 19.7 Å². The molecule has 4 aliphatic rings. The molecule has 2 amide bonds. The summed E-state index contributed by atoms with van der Waals surface area (Å²) in [6.07, 6.45) is 9.54. The maximum absolute atomic E-state index is 13.9. The molecule has 1 aromatic carbocycles. The third-order valence-electron chi connectivity index (χ3n) is 10.3. The Labute approximate surface area is 261 Å². The predicted molar refractivity (Wildman–Crippen MR) is 170 cm³/mol. The minimum absolute atomic E-state index is 0.0364. The van der Waals surface area contributed by atoms with Crippen LogP contribution in [-0.2, 0) is 11.2 Å². The smallest absolute Gasteiger partial charge is 0.317 e. The number of fused-ring (bicyclic) bond motifs is 8. The van der Waals surface area contributed by atoms with E-state index in [4.69, 9.17) is 9.15 Å². The molecule has 1 aromatic heterocycles. The van der Waals surface area contributed by atoms with Gasteiger partial charge in [0, 0.05) is 30.2 Å². The van der Waals surface area contributed by atoms with Crippen LogP contribution >= 0.6 is 0 Å². The number of nitrogens with one attached hydrogen (secondary N) is 1. The molecular formula is C36H50N2O6. The summed E-state index contributed by atoms with van der Waals surface area (Å²) in [4.78, 5) is 29.2. The van der Waals surface area contributed by atoms with E-state index < -0.39 is 17.1 Å². The fourth-order valence-corrected chi connectivity index (χ4v) is 7.64. The molecule has 5 unspecified atom stereocenters. The second-order valence-corrected chi connectivity index (χ2v) is 13.9. The van der Waals surface area contributed by atoms with Gasteiger partial charge in [-0.15, -0.1) is 0 Å². The summed E-state index contributed by atoms with van der Waals surface area (Å²) in [6, 6.07) is 9.12. The van der Waals surface area contributed by atoms with Gasteiger partial charge in [0.25, 0.3) is 0 Å². The Morgan fingerprint density at radius 2 is 1.98 bits per heavy atom. The summed E-state index contributed by atoms with van der Waals surface area (Å²) in [5.74, 6) is -0.0558. The Morgan fingerprint density at radius 3 is 2.68 bits per heavy atom. The van der Waals surface area contributed by atoms with E-state index in [0.29, 0.717) is 50.8 Å². The second kappa shape index (κ2) is 13.6. The number of carbonyl (C=O) groups excluding carboxylic acids is 2. The number of benzene rings is 1. The monoisotopic (exact) mass is 606 g/mol. The zero-order valence-electron chi connectivity index (χ0n) is 26.8. The summed E-state index contributed by atoms with van der Waals surface area (Å²) in [5.41, 5.74) is 1.74. The average molecular weight is 607 g/mol. The van der Waals surface area contributed by atoms with Crippen LogP contribution in [0.15, 0.2) is 52.7 Å². The normalized spacial score (nSPS) is 29.2. The van der Waals surface area contributed by atoms with Crippen molar-refractivity contribution in [2.24, 2.45) is 5.41 Å². The molecule has 0 spiro atoms. The summed E-state index contributed by atoms with van der Waals surface area (Å²) in [7, 11) is 0. The maximum Gasteiger partial charge on any atom is 0.317 e. The quantitative estimate of drug-likeness (QED) is 0.258. The maximum atomic E-state index is 13.9. The molecule has 1 saturated heterocycles. The number of urea groups is 1. The van der Waals surface area contributed by atoms with Gasteiger partial charge in [0.05, 0.1) is 30.6 Å². The SMILES string of the molecule is CC1=CCCC2(C)C(CCC2(O)CN(CC2CCCO2)C(=O)NC(C)C)c2ccc(cc2C(=O)c2ccco2)CC(O)CC1. The number of nitrogens with zero attached hydrogens (tertiary/aromatic N) is 1. The first-order chi connectivity index (χ1) is 21.0. The lowest BCUT2D eigenvalue weighted by Gasteiger charge is -2.46. The minimum atomic E-state index is -1.19. The highest BCUT2D eigenvalue weighted by molar-refractivity contribution is 6.08. The third kappa shape index (κ3) is 6.98. The molecule has 240 valence electrons. The van der Waals surface area contributed by atoms with E-state index in [2.05, 4.69) is 25.2 Å². The Balaban J connectivity index is 1.56. The summed E-state index contributed by atoms with van der Waals surface area (Å²) >= 11 is 0. The lowest BCUT2D eigenvalue weighted by atomic mass is 9.64. The number of allylic oxidation sites excluding steroid dienone is 2. The van der Waals surface area contributed by atoms with E-state index in [1.165, 1.54) is 11.8 Å². The first-order valence-corrected chi connectivity index (χ1v) is 16.4. The number of rotatable bonds is 7. The van der Waals surface area contributed by atoms with Crippen LogP contribution in [0.25, 0.3) is 0 Å². The molecule has 0 radical (unpaired) electrons. The number of hydrogen-bond donors (Lipinski definition) is 3. The van der Waals surface area contributed by atoms with Gasteiger partial charge in [-0.2, -0.15) is 0 Å². The number of carbonyl (C=O) groups is 2. The van der Waals surface area contributed by atoms with Crippen LogP contribution in [-0.4, -0.2) is 70.5 Å². The number of furan rings is 1. The van der Waals surface area contributed by atoms with Gasteiger partial charge in [-0.1, -0.05) is 30.7 Å². The van der Waals surface area contributed by atoms with Crippen molar-refractivity contribution in [1.29, 1.82) is 0 Å². The highest BCUT2D eigenvalue weighted by Gasteiger charge is 2.58. The molecule has 5 atom stereocenters. The first-order valence-electron chi connectivity index (χ1n) is 16.4. The van der Waals surface area contributed by atoms with E-state index in [0.717, 1.165) is 36.8 Å². The van der Waals surface area contributed by atoms with Gasteiger partial charge in [0.2, 0.25) is 5.78 Å².